The second kappa shape index (κ2) is 9.77. The summed E-state index contributed by atoms with van der Waals surface area (Å²) in [4.78, 5) is 24.5. The Morgan fingerprint density at radius 3 is 2.57 bits per heavy atom. The van der Waals surface area contributed by atoms with Crippen LogP contribution in [-0.4, -0.2) is 44.3 Å². The molecule has 1 aromatic heterocycles. The van der Waals surface area contributed by atoms with Crippen LogP contribution < -0.4 is 20.1 Å². The molecule has 0 bridgehead atoms. The van der Waals surface area contributed by atoms with E-state index in [9.17, 15) is 9.59 Å². The van der Waals surface area contributed by atoms with Gasteiger partial charge < -0.3 is 24.6 Å². The quantitative estimate of drug-likeness (QED) is 0.682. The Morgan fingerprint density at radius 2 is 1.93 bits per heavy atom. The highest BCUT2D eigenvalue weighted by molar-refractivity contribution is 5.98. The van der Waals surface area contributed by atoms with Crippen LogP contribution in [0, 0.1) is 6.92 Å². The van der Waals surface area contributed by atoms with Gasteiger partial charge in [-0.15, -0.1) is 0 Å². The van der Waals surface area contributed by atoms with E-state index >= 15 is 0 Å². The fourth-order valence-electron chi connectivity index (χ4n) is 2.78. The molecule has 28 heavy (non-hydrogen) atoms. The molecule has 0 unspecified atom stereocenters. The Morgan fingerprint density at radius 1 is 1.18 bits per heavy atom. The van der Waals surface area contributed by atoms with Crippen molar-refractivity contribution < 1.29 is 23.6 Å². The number of benzene rings is 1. The number of hydrogen-bond acceptors (Lipinski definition) is 6. The Bertz CT molecular complexity index is 829. The van der Waals surface area contributed by atoms with Gasteiger partial charge in [-0.1, -0.05) is 19.0 Å². The average molecular weight is 389 g/mol. The number of ether oxygens (including phenoxy) is 2. The van der Waals surface area contributed by atoms with Crippen molar-refractivity contribution in [3.8, 4) is 11.5 Å². The minimum Gasteiger partial charge on any atom is -0.497 e. The van der Waals surface area contributed by atoms with Crippen LogP contribution in [0.5, 0.6) is 11.5 Å². The molecule has 8 heteroatoms. The summed E-state index contributed by atoms with van der Waals surface area (Å²) in [7, 11) is 3.19. The van der Waals surface area contributed by atoms with E-state index in [2.05, 4.69) is 15.8 Å². The van der Waals surface area contributed by atoms with Crippen molar-refractivity contribution >= 4 is 11.8 Å². The van der Waals surface area contributed by atoms with E-state index in [0.29, 0.717) is 30.0 Å². The molecule has 1 aromatic carbocycles. The number of nitrogens with one attached hydrogen (secondary N) is 2. The van der Waals surface area contributed by atoms with Crippen LogP contribution in [0.1, 0.15) is 47.1 Å². The number of amides is 2. The molecule has 152 valence electrons. The summed E-state index contributed by atoms with van der Waals surface area (Å²) in [6.45, 7) is 5.80. The molecule has 2 rings (SSSR count). The summed E-state index contributed by atoms with van der Waals surface area (Å²) in [5, 5.41) is 9.24. The predicted octanol–water partition coefficient (Wildman–Crippen LogP) is 2.21. The second-order valence-corrected chi connectivity index (χ2v) is 6.62. The summed E-state index contributed by atoms with van der Waals surface area (Å²) in [6.07, 6.45) is 0.572. The molecule has 0 fully saturated rings. The molecule has 2 aromatic rings. The molecule has 0 radical (unpaired) electrons. The summed E-state index contributed by atoms with van der Waals surface area (Å²) < 4.78 is 15.7. The molecule has 2 amide bonds. The van der Waals surface area contributed by atoms with Gasteiger partial charge in [0, 0.05) is 12.5 Å². The molecular formula is C20H27N3O5. The van der Waals surface area contributed by atoms with Gasteiger partial charge in [0.25, 0.3) is 5.91 Å². The Kier molecular flexibility index (Phi) is 7.43. The maximum atomic E-state index is 12.4. The molecule has 8 nitrogen and oxygen atoms in total. The van der Waals surface area contributed by atoms with E-state index in [4.69, 9.17) is 14.0 Å². The standard InChI is InChI=1S/C20H27N3O5/c1-12(2)19-18(13(3)23-28-19)20(25)22-11-17(24)21-9-8-14-10-15(26-4)6-7-16(14)27-5/h6-7,10,12H,8-9,11H2,1-5H3,(H,21,24)(H,22,25). The van der Waals surface area contributed by atoms with E-state index in [1.807, 2.05) is 32.0 Å². The van der Waals surface area contributed by atoms with E-state index in [0.717, 1.165) is 17.1 Å². The van der Waals surface area contributed by atoms with E-state index < -0.39 is 0 Å². The maximum Gasteiger partial charge on any atom is 0.257 e. The number of hydrogen-bond donors (Lipinski definition) is 2. The smallest absolute Gasteiger partial charge is 0.257 e. The highest BCUT2D eigenvalue weighted by atomic mass is 16.5. The lowest BCUT2D eigenvalue weighted by molar-refractivity contribution is -0.120. The number of aromatic nitrogens is 1. The van der Waals surface area contributed by atoms with Crippen molar-refractivity contribution in [1.82, 2.24) is 15.8 Å². The fraction of sp³-hybridized carbons (Fsp3) is 0.450. The third-order valence-corrected chi connectivity index (χ3v) is 4.25. The lowest BCUT2D eigenvalue weighted by Crippen LogP contribution is -2.38. The fourth-order valence-corrected chi connectivity index (χ4v) is 2.78. The summed E-state index contributed by atoms with van der Waals surface area (Å²) in [6, 6.07) is 5.51. The predicted molar refractivity (Wildman–Crippen MR) is 104 cm³/mol. The summed E-state index contributed by atoms with van der Waals surface area (Å²) in [5.74, 6) is 1.34. The molecule has 0 spiro atoms. The number of nitrogens with zero attached hydrogens (tertiary/aromatic N) is 1. The van der Waals surface area contributed by atoms with Crippen LogP contribution in [0.25, 0.3) is 0 Å². The molecule has 0 aliphatic rings. The van der Waals surface area contributed by atoms with Crippen LogP contribution in [0.2, 0.25) is 0 Å². The third-order valence-electron chi connectivity index (χ3n) is 4.25. The van der Waals surface area contributed by atoms with Crippen molar-refractivity contribution in [2.24, 2.45) is 0 Å². The first kappa shape index (κ1) is 21.3. The Balaban J connectivity index is 1.85. The molecule has 0 aliphatic carbocycles. The molecule has 0 aliphatic heterocycles. The van der Waals surface area contributed by atoms with Gasteiger partial charge in [0.15, 0.2) is 5.76 Å². The molecule has 0 atom stereocenters. The van der Waals surface area contributed by atoms with Crippen molar-refractivity contribution in [2.45, 2.75) is 33.1 Å². The number of carbonyl (C=O) groups excluding carboxylic acids is 2. The first-order chi connectivity index (χ1) is 13.4. The SMILES string of the molecule is COc1ccc(OC)c(CCNC(=O)CNC(=O)c2c(C)noc2C(C)C)c1. The van der Waals surface area contributed by atoms with Gasteiger partial charge >= 0.3 is 0 Å². The van der Waals surface area contributed by atoms with Gasteiger partial charge in [-0.2, -0.15) is 0 Å². The zero-order chi connectivity index (χ0) is 20.7. The lowest BCUT2D eigenvalue weighted by Gasteiger charge is -2.11. The van der Waals surface area contributed by atoms with Gasteiger partial charge in [0.1, 0.15) is 17.1 Å². The van der Waals surface area contributed by atoms with Crippen LogP contribution in [-0.2, 0) is 11.2 Å². The molecule has 0 saturated heterocycles. The number of methoxy groups -OCH3 is 2. The molecular weight excluding hydrogens is 362 g/mol. The van der Waals surface area contributed by atoms with Crippen molar-refractivity contribution in [3.05, 3.63) is 40.8 Å². The zero-order valence-corrected chi connectivity index (χ0v) is 16.9. The van der Waals surface area contributed by atoms with Crippen molar-refractivity contribution in [2.75, 3.05) is 27.3 Å². The monoisotopic (exact) mass is 389 g/mol. The van der Waals surface area contributed by atoms with Gasteiger partial charge in [0.05, 0.1) is 26.5 Å². The van der Waals surface area contributed by atoms with E-state index in [1.165, 1.54) is 0 Å². The first-order valence-electron chi connectivity index (χ1n) is 9.09. The lowest BCUT2D eigenvalue weighted by atomic mass is 10.0. The summed E-state index contributed by atoms with van der Waals surface area (Å²) in [5.41, 5.74) is 1.82. The minimum absolute atomic E-state index is 0.0219. The average Bonchev–Trinajstić information content (AvgIpc) is 3.07. The summed E-state index contributed by atoms with van der Waals surface area (Å²) >= 11 is 0. The zero-order valence-electron chi connectivity index (χ0n) is 16.9. The Labute approximate surface area is 164 Å². The van der Waals surface area contributed by atoms with Gasteiger partial charge in [-0.25, -0.2) is 0 Å². The largest absolute Gasteiger partial charge is 0.497 e. The number of aryl methyl sites for hydroxylation is 1. The Hall–Kier alpha value is -3.03. The van der Waals surface area contributed by atoms with Gasteiger partial charge in [-0.05, 0) is 37.1 Å². The topological polar surface area (TPSA) is 103 Å². The second-order valence-electron chi connectivity index (χ2n) is 6.62. The van der Waals surface area contributed by atoms with Crippen LogP contribution in [0.4, 0.5) is 0 Å². The van der Waals surface area contributed by atoms with E-state index in [-0.39, 0.29) is 24.3 Å². The van der Waals surface area contributed by atoms with Crippen LogP contribution in [0.3, 0.4) is 0 Å². The number of carbonyl (C=O) groups is 2. The van der Waals surface area contributed by atoms with Crippen LogP contribution >= 0.6 is 0 Å². The number of rotatable bonds is 9. The third kappa shape index (κ3) is 5.25. The molecule has 2 N–H and O–H groups in total. The van der Waals surface area contributed by atoms with Crippen LogP contribution in [0.15, 0.2) is 22.7 Å². The van der Waals surface area contributed by atoms with Gasteiger partial charge in [0.2, 0.25) is 5.91 Å². The molecule has 1 heterocycles. The normalized spacial score (nSPS) is 10.6. The molecule has 0 saturated carbocycles. The van der Waals surface area contributed by atoms with Gasteiger partial charge in [-0.3, -0.25) is 9.59 Å². The highest BCUT2D eigenvalue weighted by Crippen LogP contribution is 2.24. The van der Waals surface area contributed by atoms with Crippen molar-refractivity contribution in [1.29, 1.82) is 0 Å². The van der Waals surface area contributed by atoms with Crippen molar-refractivity contribution in [3.63, 3.8) is 0 Å². The highest BCUT2D eigenvalue weighted by Gasteiger charge is 2.22. The minimum atomic E-state index is -0.368. The maximum absolute atomic E-state index is 12.4. The van der Waals surface area contributed by atoms with E-state index in [1.54, 1.807) is 21.1 Å². The first-order valence-corrected chi connectivity index (χ1v) is 9.09.